The first-order chi connectivity index (χ1) is 7.17. The highest BCUT2D eigenvalue weighted by molar-refractivity contribution is 5.18. The van der Waals surface area contributed by atoms with Gasteiger partial charge in [-0.3, -0.25) is 4.90 Å². The lowest BCUT2D eigenvalue weighted by molar-refractivity contribution is 0.283. The molecule has 0 heterocycles. The van der Waals surface area contributed by atoms with Gasteiger partial charge in [-0.15, -0.1) is 0 Å². The van der Waals surface area contributed by atoms with E-state index in [4.69, 9.17) is 5.73 Å². The van der Waals surface area contributed by atoms with Gasteiger partial charge in [-0.25, -0.2) is 8.78 Å². The Hall–Kier alpha value is -1.00. The van der Waals surface area contributed by atoms with Crippen LogP contribution in [0.1, 0.15) is 12.5 Å². The summed E-state index contributed by atoms with van der Waals surface area (Å²) in [4.78, 5) is 2.01. The van der Waals surface area contributed by atoms with Crippen LogP contribution in [0.3, 0.4) is 0 Å². The van der Waals surface area contributed by atoms with E-state index in [1.165, 1.54) is 12.1 Å². The molecule has 1 rings (SSSR count). The van der Waals surface area contributed by atoms with Crippen molar-refractivity contribution in [2.75, 3.05) is 19.6 Å². The standard InChI is InChI=1S/C11H16F2N2/c1-2-15(6-5-14)8-9-3-4-10(12)7-11(9)13/h3-4,7H,2,5-6,8,14H2,1H3. The maximum atomic E-state index is 13.3. The lowest BCUT2D eigenvalue weighted by Gasteiger charge is -2.19. The third-order valence-electron chi connectivity index (χ3n) is 2.30. The largest absolute Gasteiger partial charge is 0.329 e. The SMILES string of the molecule is CCN(CCN)Cc1ccc(F)cc1F. The molecule has 0 aliphatic carbocycles. The van der Waals surface area contributed by atoms with Gasteiger partial charge in [0.1, 0.15) is 11.6 Å². The van der Waals surface area contributed by atoms with E-state index in [2.05, 4.69) is 0 Å². The number of hydrogen-bond donors (Lipinski definition) is 1. The van der Waals surface area contributed by atoms with Crippen LogP contribution in [-0.4, -0.2) is 24.5 Å². The Morgan fingerprint density at radius 3 is 2.60 bits per heavy atom. The fourth-order valence-corrected chi connectivity index (χ4v) is 1.42. The molecule has 0 radical (unpaired) electrons. The third-order valence-corrected chi connectivity index (χ3v) is 2.30. The average Bonchev–Trinajstić information content (AvgIpc) is 2.21. The van der Waals surface area contributed by atoms with E-state index >= 15 is 0 Å². The smallest absolute Gasteiger partial charge is 0.130 e. The maximum absolute atomic E-state index is 13.3. The quantitative estimate of drug-likeness (QED) is 0.809. The van der Waals surface area contributed by atoms with Gasteiger partial charge in [-0.2, -0.15) is 0 Å². The van der Waals surface area contributed by atoms with E-state index < -0.39 is 11.6 Å². The number of nitrogens with zero attached hydrogens (tertiary/aromatic N) is 1. The first-order valence-electron chi connectivity index (χ1n) is 5.03. The molecule has 2 nitrogen and oxygen atoms in total. The summed E-state index contributed by atoms with van der Waals surface area (Å²) >= 11 is 0. The molecule has 4 heteroatoms. The zero-order valence-electron chi connectivity index (χ0n) is 8.84. The summed E-state index contributed by atoms with van der Waals surface area (Å²) in [7, 11) is 0. The molecule has 0 aromatic heterocycles. The number of nitrogens with two attached hydrogens (primary N) is 1. The first kappa shape index (κ1) is 12.1. The number of likely N-dealkylation sites (N-methyl/N-ethyl adjacent to an activating group) is 1. The van der Waals surface area contributed by atoms with Gasteiger partial charge in [0.25, 0.3) is 0 Å². The molecule has 1 aromatic rings. The van der Waals surface area contributed by atoms with Crippen molar-refractivity contribution in [3.8, 4) is 0 Å². The molecule has 0 aliphatic rings. The molecule has 0 unspecified atom stereocenters. The molecule has 0 amide bonds. The van der Waals surface area contributed by atoms with E-state index in [1.807, 2.05) is 11.8 Å². The summed E-state index contributed by atoms with van der Waals surface area (Å²) in [6, 6.07) is 3.66. The van der Waals surface area contributed by atoms with Crippen LogP contribution in [0.5, 0.6) is 0 Å². The van der Waals surface area contributed by atoms with Gasteiger partial charge in [0.05, 0.1) is 0 Å². The molecule has 0 bridgehead atoms. The molecule has 0 saturated carbocycles. The molecule has 0 saturated heterocycles. The van der Waals surface area contributed by atoms with Gasteiger partial charge in [0.2, 0.25) is 0 Å². The van der Waals surface area contributed by atoms with E-state index in [1.54, 1.807) is 0 Å². The predicted octanol–water partition coefficient (Wildman–Crippen LogP) is 1.75. The Kier molecular flexibility index (Phi) is 4.65. The molecule has 0 atom stereocenters. The Labute approximate surface area is 88.7 Å². The highest BCUT2D eigenvalue weighted by Crippen LogP contribution is 2.11. The Balaban J connectivity index is 2.70. The second-order valence-corrected chi connectivity index (χ2v) is 3.39. The predicted molar refractivity (Wildman–Crippen MR) is 56.4 cm³/mol. The summed E-state index contributed by atoms with van der Waals surface area (Å²) in [5.74, 6) is -1.04. The van der Waals surface area contributed by atoms with Crippen molar-refractivity contribution < 1.29 is 8.78 Å². The monoisotopic (exact) mass is 214 g/mol. The van der Waals surface area contributed by atoms with Gasteiger partial charge >= 0.3 is 0 Å². The zero-order chi connectivity index (χ0) is 11.3. The molecular formula is C11H16F2N2. The molecule has 84 valence electrons. The summed E-state index contributed by atoms with van der Waals surface area (Å²) in [5, 5.41) is 0. The Morgan fingerprint density at radius 2 is 2.07 bits per heavy atom. The van der Waals surface area contributed by atoms with Crippen LogP contribution < -0.4 is 5.73 Å². The number of halogens is 2. The third kappa shape index (κ3) is 3.57. The Bertz CT molecular complexity index is 315. The van der Waals surface area contributed by atoms with Crippen LogP contribution in [0.25, 0.3) is 0 Å². The molecule has 2 N–H and O–H groups in total. The van der Waals surface area contributed by atoms with Gasteiger partial charge in [0.15, 0.2) is 0 Å². The average molecular weight is 214 g/mol. The summed E-state index contributed by atoms with van der Waals surface area (Å²) in [6.45, 7) is 4.51. The van der Waals surface area contributed by atoms with Gasteiger partial charge in [-0.1, -0.05) is 13.0 Å². The normalized spacial score (nSPS) is 11.0. The van der Waals surface area contributed by atoms with Crippen LogP contribution in [0.15, 0.2) is 18.2 Å². The summed E-state index contributed by atoms with van der Waals surface area (Å²) in [5.41, 5.74) is 5.93. The Morgan fingerprint density at radius 1 is 1.33 bits per heavy atom. The zero-order valence-corrected chi connectivity index (χ0v) is 8.84. The molecule has 0 fully saturated rings. The molecular weight excluding hydrogens is 198 g/mol. The fourth-order valence-electron chi connectivity index (χ4n) is 1.42. The van der Waals surface area contributed by atoms with Gasteiger partial charge in [0, 0.05) is 31.3 Å². The van der Waals surface area contributed by atoms with Crippen molar-refractivity contribution in [3.63, 3.8) is 0 Å². The van der Waals surface area contributed by atoms with Crippen LogP contribution in [0.4, 0.5) is 8.78 Å². The molecule has 1 aromatic carbocycles. The van der Waals surface area contributed by atoms with E-state index in [-0.39, 0.29) is 0 Å². The minimum absolute atomic E-state index is 0.472. The maximum Gasteiger partial charge on any atom is 0.130 e. The van der Waals surface area contributed by atoms with Crippen LogP contribution in [0, 0.1) is 11.6 Å². The number of rotatable bonds is 5. The van der Waals surface area contributed by atoms with E-state index in [0.29, 0.717) is 25.2 Å². The lowest BCUT2D eigenvalue weighted by Crippen LogP contribution is -2.29. The minimum Gasteiger partial charge on any atom is -0.329 e. The van der Waals surface area contributed by atoms with Crippen LogP contribution in [-0.2, 0) is 6.54 Å². The second kappa shape index (κ2) is 5.78. The topological polar surface area (TPSA) is 29.3 Å². The van der Waals surface area contributed by atoms with E-state index in [9.17, 15) is 8.78 Å². The fraction of sp³-hybridized carbons (Fsp3) is 0.455. The van der Waals surface area contributed by atoms with E-state index in [0.717, 1.165) is 12.6 Å². The van der Waals surface area contributed by atoms with Crippen molar-refractivity contribution in [2.45, 2.75) is 13.5 Å². The van der Waals surface area contributed by atoms with Gasteiger partial charge < -0.3 is 5.73 Å². The molecule has 0 spiro atoms. The van der Waals surface area contributed by atoms with Crippen LogP contribution >= 0.6 is 0 Å². The second-order valence-electron chi connectivity index (χ2n) is 3.39. The first-order valence-corrected chi connectivity index (χ1v) is 5.03. The minimum atomic E-state index is -0.543. The summed E-state index contributed by atoms with van der Waals surface area (Å²) in [6.07, 6.45) is 0. The van der Waals surface area contributed by atoms with Crippen molar-refractivity contribution in [2.24, 2.45) is 5.73 Å². The van der Waals surface area contributed by atoms with Gasteiger partial charge in [-0.05, 0) is 12.6 Å². The number of hydrogen-bond acceptors (Lipinski definition) is 2. The number of benzene rings is 1. The summed E-state index contributed by atoms with van der Waals surface area (Å²) < 4.78 is 25.9. The molecule has 15 heavy (non-hydrogen) atoms. The van der Waals surface area contributed by atoms with Crippen molar-refractivity contribution in [1.29, 1.82) is 0 Å². The highest BCUT2D eigenvalue weighted by atomic mass is 19.1. The molecule has 0 aliphatic heterocycles. The van der Waals surface area contributed by atoms with Crippen molar-refractivity contribution >= 4 is 0 Å². The van der Waals surface area contributed by atoms with Crippen molar-refractivity contribution in [1.82, 2.24) is 4.90 Å². The highest BCUT2D eigenvalue weighted by Gasteiger charge is 2.07. The lowest BCUT2D eigenvalue weighted by atomic mass is 10.2. The van der Waals surface area contributed by atoms with Crippen LogP contribution in [0.2, 0.25) is 0 Å². The van der Waals surface area contributed by atoms with Crippen molar-refractivity contribution in [3.05, 3.63) is 35.4 Å².